The molecule has 0 spiro atoms. The van der Waals surface area contributed by atoms with Gasteiger partial charge < -0.3 is 15.0 Å². The molecule has 7 heteroatoms. The number of amides is 1. The van der Waals surface area contributed by atoms with Crippen molar-refractivity contribution in [1.29, 1.82) is 5.26 Å². The first-order chi connectivity index (χ1) is 15.5. The number of hydrogen-bond acceptors (Lipinski definition) is 6. The topological polar surface area (TPSA) is 91.1 Å². The van der Waals surface area contributed by atoms with E-state index >= 15 is 0 Å². The Kier molecular flexibility index (Phi) is 6.62. The van der Waals surface area contributed by atoms with Gasteiger partial charge in [0.1, 0.15) is 5.69 Å². The van der Waals surface area contributed by atoms with E-state index in [1.807, 2.05) is 68.4 Å². The van der Waals surface area contributed by atoms with Gasteiger partial charge in [-0.05, 0) is 38.0 Å². The molecule has 0 aliphatic carbocycles. The van der Waals surface area contributed by atoms with Gasteiger partial charge in [-0.15, -0.1) is 0 Å². The number of ether oxygens (including phenoxy) is 1. The molecule has 1 N–H and O–H groups in total. The van der Waals surface area contributed by atoms with Crippen molar-refractivity contribution in [2.24, 2.45) is 0 Å². The number of rotatable bonds is 6. The van der Waals surface area contributed by atoms with Crippen LogP contribution in [0, 0.1) is 11.3 Å². The highest BCUT2D eigenvalue weighted by Crippen LogP contribution is 2.29. The second-order valence-corrected chi connectivity index (χ2v) is 8.17. The number of morpholine rings is 1. The lowest BCUT2D eigenvalue weighted by atomic mass is 10.0. The molecule has 1 aliphatic heterocycles. The number of nitrogens with one attached hydrogen (secondary N) is 1. The van der Waals surface area contributed by atoms with E-state index < -0.39 is 5.92 Å². The van der Waals surface area contributed by atoms with Gasteiger partial charge in [0.15, 0.2) is 11.7 Å². The quantitative estimate of drug-likeness (QED) is 0.647. The number of hydrogen-bond donors (Lipinski definition) is 1. The molecule has 2 aromatic carbocycles. The van der Waals surface area contributed by atoms with Gasteiger partial charge in [0, 0.05) is 19.6 Å². The van der Waals surface area contributed by atoms with Crippen LogP contribution >= 0.6 is 0 Å². The molecular weight excluding hydrogens is 402 g/mol. The average molecular weight is 430 g/mol. The summed E-state index contributed by atoms with van der Waals surface area (Å²) in [4.78, 5) is 24.7. The molecule has 3 unspecified atom stereocenters. The third kappa shape index (κ3) is 4.87. The number of carbonyl (C=O) groups excluding carboxylic acids is 1. The van der Waals surface area contributed by atoms with E-state index in [1.165, 1.54) is 0 Å². The Morgan fingerprint density at radius 2 is 1.72 bits per heavy atom. The summed E-state index contributed by atoms with van der Waals surface area (Å²) in [6.45, 7) is 5.71. The first-order valence-electron chi connectivity index (χ1n) is 10.9. The minimum absolute atomic E-state index is 0.0140. The van der Waals surface area contributed by atoms with Crippen molar-refractivity contribution in [1.82, 2.24) is 15.3 Å². The van der Waals surface area contributed by atoms with Crippen LogP contribution in [0.15, 0.2) is 54.6 Å². The Balaban J connectivity index is 1.62. The van der Waals surface area contributed by atoms with Crippen molar-refractivity contribution in [3.63, 3.8) is 0 Å². The molecule has 7 nitrogen and oxygen atoms in total. The van der Waals surface area contributed by atoms with E-state index in [9.17, 15) is 10.1 Å². The second kappa shape index (κ2) is 9.75. The van der Waals surface area contributed by atoms with Crippen molar-refractivity contribution in [3.8, 4) is 6.07 Å². The van der Waals surface area contributed by atoms with Gasteiger partial charge in [0.25, 0.3) is 0 Å². The molecule has 1 aliphatic rings. The number of benzene rings is 2. The van der Waals surface area contributed by atoms with E-state index in [2.05, 4.69) is 16.3 Å². The summed E-state index contributed by atoms with van der Waals surface area (Å²) in [5, 5.41) is 12.8. The van der Waals surface area contributed by atoms with Gasteiger partial charge >= 0.3 is 0 Å². The maximum atomic E-state index is 13.0. The zero-order chi connectivity index (χ0) is 22.5. The number of fused-ring (bicyclic) bond motifs is 1. The van der Waals surface area contributed by atoms with E-state index in [4.69, 9.17) is 14.7 Å². The third-order valence-corrected chi connectivity index (χ3v) is 5.52. The fraction of sp³-hybridized carbons (Fsp3) is 0.360. The van der Waals surface area contributed by atoms with Crippen LogP contribution in [0.3, 0.4) is 0 Å². The van der Waals surface area contributed by atoms with Crippen molar-refractivity contribution in [2.45, 2.75) is 38.4 Å². The van der Waals surface area contributed by atoms with Crippen LogP contribution in [0.1, 0.15) is 31.0 Å². The monoisotopic (exact) mass is 429 g/mol. The maximum Gasteiger partial charge on any atom is 0.243 e. The first kappa shape index (κ1) is 21.7. The minimum atomic E-state index is -1.05. The van der Waals surface area contributed by atoms with Gasteiger partial charge in [0.05, 0.1) is 29.3 Å². The zero-order valence-electron chi connectivity index (χ0n) is 18.4. The number of nitriles is 1. The summed E-state index contributed by atoms with van der Waals surface area (Å²) >= 11 is 0. The van der Waals surface area contributed by atoms with Crippen LogP contribution < -0.4 is 10.2 Å². The van der Waals surface area contributed by atoms with Crippen molar-refractivity contribution < 1.29 is 9.53 Å². The highest BCUT2D eigenvalue weighted by Gasteiger charge is 2.31. The number of anilines is 1. The molecule has 1 saturated heterocycles. The smallest absolute Gasteiger partial charge is 0.243 e. The van der Waals surface area contributed by atoms with Gasteiger partial charge in [-0.25, -0.2) is 9.97 Å². The first-order valence-corrected chi connectivity index (χ1v) is 10.9. The molecule has 32 heavy (non-hydrogen) atoms. The molecule has 3 atom stereocenters. The Hall–Kier alpha value is -3.50. The van der Waals surface area contributed by atoms with Gasteiger partial charge in [0.2, 0.25) is 5.91 Å². The van der Waals surface area contributed by atoms with Crippen LogP contribution in [0.2, 0.25) is 0 Å². The summed E-state index contributed by atoms with van der Waals surface area (Å²) in [6.07, 6.45) is 0.722. The normalized spacial score (nSPS) is 19.3. The highest BCUT2D eigenvalue weighted by molar-refractivity contribution is 5.88. The largest absolute Gasteiger partial charge is 0.372 e. The Labute approximate surface area is 188 Å². The summed E-state index contributed by atoms with van der Waals surface area (Å²) in [5.41, 5.74) is 2.92. The van der Waals surface area contributed by atoms with E-state index in [1.54, 1.807) is 0 Å². The Bertz CT molecular complexity index is 1120. The number of carbonyl (C=O) groups is 1. The summed E-state index contributed by atoms with van der Waals surface area (Å²) in [7, 11) is 0. The number of para-hydroxylation sites is 2. The predicted octanol–water partition coefficient (Wildman–Crippen LogP) is 3.21. The molecule has 0 radical (unpaired) electrons. The fourth-order valence-corrected chi connectivity index (χ4v) is 4.10. The van der Waals surface area contributed by atoms with Crippen molar-refractivity contribution in [2.75, 3.05) is 24.5 Å². The lowest BCUT2D eigenvalue weighted by Crippen LogP contribution is -2.46. The molecule has 2 heterocycles. The molecule has 1 fully saturated rings. The Morgan fingerprint density at radius 1 is 1.09 bits per heavy atom. The second-order valence-electron chi connectivity index (χ2n) is 8.17. The van der Waals surface area contributed by atoms with Crippen LogP contribution in [0.4, 0.5) is 5.82 Å². The fourth-order valence-electron chi connectivity index (χ4n) is 4.10. The van der Waals surface area contributed by atoms with Gasteiger partial charge in [-0.1, -0.05) is 42.5 Å². The summed E-state index contributed by atoms with van der Waals surface area (Å²) < 4.78 is 5.86. The molecule has 0 saturated carbocycles. The van der Waals surface area contributed by atoms with Crippen LogP contribution in [-0.2, 0) is 16.0 Å². The van der Waals surface area contributed by atoms with Crippen molar-refractivity contribution in [3.05, 3.63) is 65.9 Å². The van der Waals surface area contributed by atoms with E-state index in [0.717, 1.165) is 11.1 Å². The Morgan fingerprint density at radius 3 is 2.38 bits per heavy atom. The van der Waals surface area contributed by atoms with Crippen LogP contribution in [0.5, 0.6) is 0 Å². The van der Waals surface area contributed by atoms with Crippen LogP contribution in [-0.4, -0.2) is 47.7 Å². The summed E-state index contributed by atoms with van der Waals surface area (Å²) in [5.74, 6) is -0.828. The minimum Gasteiger partial charge on any atom is -0.372 e. The SMILES string of the molecule is CC1CN(c2nc3ccccc3nc2C(C#N)C(=O)NCCc2ccccc2)CC(C)O1. The van der Waals surface area contributed by atoms with Gasteiger partial charge in [-0.3, -0.25) is 4.79 Å². The molecule has 3 aromatic rings. The van der Waals surface area contributed by atoms with Crippen LogP contribution in [0.25, 0.3) is 11.0 Å². The summed E-state index contributed by atoms with van der Waals surface area (Å²) in [6, 6.07) is 19.6. The van der Waals surface area contributed by atoms with E-state index in [0.29, 0.717) is 43.1 Å². The number of aromatic nitrogens is 2. The van der Waals surface area contributed by atoms with Crippen molar-refractivity contribution >= 4 is 22.8 Å². The lowest BCUT2D eigenvalue weighted by molar-refractivity contribution is -0.121. The standard InChI is InChI=1S/C25H27N5O2/c1-17-15-30(16-18(2)32-17)24-23(28-21-10-6-7-11-22(21)29-24)20(14-26)25(31)27-13-12-19-8-4-3-5-9-19/h3-11,17-18,20H,12-13,15-16H2,1-2H3,(H,27,31). The molecule has 164 valence electrons. The molecule has 1 aromatic heterocycles. The van der Waals surface area contributed by atoms with E-state index in [-0.39, 0.29) is 18.1 Å². The predicted molar refractivity (Wildman–Crippen MR) is 123 cm³/mol. The third-order valence-electron chi connectivity index (χ3n) is 5.52. The molecule has 0 bridgehead atoms. The van der Waals surface area contributed by atoms with Gasteiger partial charge in [-0.2, -0.15) is 5.26 Å². The zero-order valence-corrected chi connectivity index (χ0v) is 18.4. The molecule has 1 amide bonds. The molecular formula is C25H27N5O2. The maximum absolute atomic E-state index is 13.0. The average Bonchev–Trinajstić information content (AvgIpc) is 2.79. The highest BCUT2D eigenvalue weighted by atomic mass is 16.5. The lowest BCUT2D eigenvalue weighted by Gasteiger charge is -2.37. The molecule has 4 rings (SSSR count). The number of nitrogens with zero attached hydrogens (tertiary/aromatic N) is 4.